The maximum Gasteiger partial charge on any atom is 0.391 e. The van der Waals surface area contributed by atoms with Crippen LogP contribution < -0.4 is 5.73 Å². The van der Waals surface area contributed by atoms with E-state index >= 15 is 0 Å². The molecule has 1 saturated carbocycles. The van der Waals surface area contributed by atoms with Crippen LogP contribution in [0, 0.1) is 5.92 Å². The third kappa shape index (κ3) is 3.35. The Hall–Kier alpha value is -0.290. The molecule has 1 heterocycles. The molecular weight excluding hydrogens is 231 g/mol. The van der Waals surface area contributed by atoms with E-state index in [4.69, 9.17) is 10.5 Å². The summed E-state index contributed by atoms with van der Waals surface area (Å²) in [7, 11) is 0. The fourth-order valence-corrected chi connectivity index (χ4v) is 3.12. The first-order valence-corrected chi connectivity index (χ1v) is 6.36. The summed E-state index contributed by atoms with van der Waals surface area (Å²) in [5.74, 6) is -1.22. The maximum absolute atomic E-state index is 12.7. The molecule has 2 rings (SSSR count). The van der Waals surface area contributed by atoms with E-state index in [2.05, 4.69) is 0 Å². The maximum atomic E-state index is 12.7. The summed E-state index contributed by atoms with van der Waals surface area (Å²) in [6.45, 7) is 0.726. The minimum absolute atomic E-state index is 0.0658. The number of alkyl halides is 3. The van der Waals surface area contributed by atoms with Gasteiger partial charge in [0.2, 0.25) is 0 Å². The first kappa shape index (κ1) is 13.1. The molecule has 3 unspecified atom stereocenters. The zero-order chi connectivity index (χ0) is 12.5. The Kier molecular flexibility index (Phi) is 3.69. The smallest absolute Gasteiger partial charge is 0.378 e. The van der Waals surface area contributed by atoms with Gasteiger partial charge in [-0.3, -0.25) is 0 Å². The van der Waals surface area contributed by atoms with Crippen LogP contribution in [0.15, 0.2) is 0 Å². The van der Waals surface area contributed by atoms with Gasteiger partial charge in [-0.1, -0.05) is 6.42 Å². The van der Waals surface area contributed by atoms with Gasteiger partial charge in [0.15, 0.2) is 0 Å². The lowest BCUT2D eigenvalue weighted by Gasteiger charge is -2.40. The summed E-state index contributed by atoms with van der Waals surface area (Å²) < 4.78 is 43.6. The van der Waals surface area contributed by atoms with Crippen LogP contribution in [0.1, 0.15) is 44.9 Å². The van der Waals surface area contributed by atoms with Gasteiger partial charge in [0.1, 0.15) is 0 Å². The number of rotatable bonds is 2. The number of halogens is 3. The zero-order valence-electron chi connectivity index (χ0n) is 9.93. The molecule has 0 aromatic carbocycles. The van der Waals surface area contributed by atoms with Crippen molar-refractivity contribution < 1.29 is 17.9 Å². The molecule has 1 saturated heterocycles. The summed E-state index contributed by atoms with van der Waals surface area (Å²) >= 11 is 0. The van der Waals surface area contributed by atoms with Gasteiger partial charge in [-0.25, -0.2) is 0 Å². The van der Waals surface area contributed by atoms with Gasteiger partial charge in [0.25, 0.3) is 0 Å². The normalized spacial score (nSPS) is 39.5. The largest absolute Gasteiger partial charge is 0.391 e. The standard InChI is InChI=1S/C12H20F3NO/c13-12(14,15)9-3-1-5-11(16,7-9)8-10-4-2-6-17-10/h9-10H,1-8,16H2. The number of hydrogen-bond donors (Lipinski definition) is 1. The van der Waals surface area contributed by atoms with E-state index in [1.807, 2.05) is 0 Å². The van der Waals surface area contributed by atoms with Crippen LogP contribution >= 0.6 is 0 Å². The predicted octanol–water partition coefficient (Wildman–Crippen LogP) is 3.01. The molecule has 3 atom stereocenters. The zero-order valence-corrected chi connectivity index (χ0v) is 9.93. The van der Waals surface area contributed by atoms with Crippen molar-refractivity contribution in [3.05, 3.63) is 0 Å². The van der Waals surface area contributed by atoms with E-state index in [1.54, 1.807) is 0 Å². The highest BCUT2D eigenvalue weighted by atomic mass is 19.4. The molecule has 2 nitrogen and oxygen atoms in total. The third-order valence-corrected chi connectivity index (χ3v) is 4.00. The Morgan fingerprint density at radius 2 is 2.00 bits per heavy atom. The van der Waals surface area contributed by atoms with Crippen molar-refractivity contribution in [3.8, 4) is 0 Å². The predicted molar refractivity (Wildman–Crippen MR) is 58.5 cm³/mol. The molecule has 0 aromatic heterocycles. The molecule has 1 aliphatic heterocycles. The summed E-state index contributed by atoms with van der Waals surface area (Å²) in [4.78, 5) is 0. The SMILES string of the molecule is NC1(CC2CCCO2)CCCC(C(F)(F)F)C1. The summed E-state index contributed by atoms with van der Waals surface area (Å²) in [6.07, 6.45) is 0.0733. The molecule has 5 heteroatoms. The molecule has 0 spiro atoms. The second-order valence-electron chi connectivity index (χ2n) is 5.54. The molecule has 100 valence electrons. The van der Waals surface area contributed by atoms with Crippen molar-refractivity contribution in [2.24, 2.45) is 11.7 Å². The van der Waals surface area contributed by atoms with Crippen molar-refractivity contribution in [1.82, 2.24) is 0 Å². The van der Waals surface area contributed by atoms with Crippen LogP contribution in [0.3, 0.4) is 0 Å². The average molecular weight is 251 g/mol. The second-order valence-corrected chi connectivity index (χ2v) is 5.54. The van der Waals surface area contributed by atoms with E-state index in [0.717, 1.165) is 19.4 Å². The first-order chi connectivity index (χ1) is 7.89. The van der Waals surface area contributed by atoms with E-state index in [1.165, 1.54) is 0 Å². The molecule has 0 radical (unpaired) electrons. The number of hydrogen-bond acceptors (Lipinski definition) is 2. The molecular formula is C12H20F3NO. The number of nitrogens with two attached hydrogens (primary N) is 1. The molecule has 2 aliphatic rings. The van der Waals surface area contributed by atoms with E-state index in [9.17, 15) is 13.2 Å². The van der Waals surface area contributed by atoms with E-state index in [-0.39, 0.29) is 18.9 Å². The Balaban J connectivity index is 1.94. The van der Waals surface area contributed by atoms with Crippen LogP contribution in [0.25, 0.3) is 0 Å². The Labute approximate surface area is 99.7 Å². The fourth-order valence-electron chi connectivity index (χ4n) is 3.12. The molecule has 17 heavy (non-hydrogen) atoms. The molecule has 2 fully saturated rings. The van der Waals surface area contributed by atoms with Crippen molar-refractivity contribution in [3.63, 3.8) is 0 Å². The second kappa shape index (κ2) is 4.76. The lowest BCUT2D eigenvalue weighted by molar-refractivity contribution is -0.188. The van der Waals surface area contributed by atoms with Gasteiger partial charge in [-0.05, 0) is 38.5 Å². The van der Waals surface area contributed by atoms with Gasteiger partial charge in [-0.15, -0.1) is 0 Å². The van der Waals surface area contributed by atoms with Crippen LogP contribution in [0.2, 0.25) is 0 Å². The summed E-state index contributed by atoms with van der Waals surface area (Å²) in [6, 6.07) is 0. The third-order valence-electron chi connectivity index (χ3n) is 4.00. The van der Waals surface area contributed by atoms with E-state index < -0.39 is 17.6 Å². The highest BCUT2D eigenvalue weighted by Crippen LogP contribution is 2.43. The van der Waals surface area contributed by atoms with E-state index in [0.29, 0.717) is 19.3 Å². The quantitative estimate of drug-likeness (QED) is 0.818. The summed E-state index contributed by atoms with van der Waals surface area (Å²) in [5, 5.41) is 0. The lowest BCUT2D eigenvalue weighted by atomic mass is 9.73. The van der Waals surface area contributed by atoms with Crippen LogP contribution in [-0.2, 0) is 4.74 Å². The van der Waals surface area contributed by atoms with Crippen molar-refractivity contribution in [1.29, 1.82) is 0 Å². The highest BCUT2D eigenvalue weighted by Gasteiger charge is 2.46. The molecule has 0 bridgehead atoms. The van der Waals surface area contributed by atoms with Crippen LogP contribution in [0.5, 0.6) is 0 Å². The van der Waals surface area contributed by atoms with Crippen molar-refractivity contribution >= 4 is 0 Å². The minimum Gasteiger partial charge on any atom is -0.378 e. The summed E-state index contributed by atoms with van der Waals surface area (Å²) in [5.41, 5.74) is 5.47. The molecule has 1 aliphatic carbocycles. The molecule has 2 N–H and O–H groups in total. The topological polar surface area (TPSA) is 35.2 Å². The van der Waals surface area contributed by atoms with Gasteiger partial charge >= 0.3 is 6.18 Å². The average Bonchev–Trinajstić information content (AvgIpc) is 2.68. The van der Waals surface area contributed by atoms with Crippen molar-refractivity contribution in [2.75, 3.05) is 6.61 Å². The van der Waals surface area contributed by atoms with Gasteiger partial charge in [-0.2, -0.15) is 13.2 Å². The van der Waals surface area contributed by atoms with Gasteiger partial charge in [0.05, 0.1) is 12.0 Å². The Morgan fingerprint density at radius 3 is 2.59 bits per heavy atom. The van der Waals surface area contributed by atoms with Gasteiger partial charge in [0, 0.05) is 12.1 Å². The minimum atomic E-state index is -4.10. The fraction of sp³-hybridized carbons (Fsp3) is 1.00. The molecule has 0 amide bonds. The monoisotopic (exact) mass is 251 g/mol. The molecule has 0 aromatic rings. The van der Waals surface area contributed by atoms with Crippen LogP contribution in [-0.4, -0.2) is 24.4 Å². The number of ether oxygens (including phenoxy) is 1. The first-order valence-electron chi connectivity index (χ1n) is 6.36. The lowest BCUT2D eigenvalue weighted by Crippen LogP contribution is -2.49. The Bertz CT molecular complexity index is 263. The van der Waals surface area contributed by atoms with Crippen molar-refractivity contribution in [2.45, 2.75) is 62.8 Å². The Morgan fingerprint density at radius 1 is 1.24 bits per heavy atom. The van der Waals surface area contributed by atoms with Gasteiger partial charge < -0.3 is 10.5 Å². The highest BCUT2D eigenvalue weighted by molar-refractivity contribution is 4.95. The van der Waals surface area contributed by atoms with Crippen LogP contribution in [0.4, 0.5) is 13.2 Å².